The second-order valence-electron chi connectivity index (χ2n) is 4.37. The van der Waals surface area contributed by atoms with Crippen LogP contribution in [-0.4, -0.2) is 12.9 Å². The number of nitrogens with two attached hydrogens (primary N) is 1. The van der Waals surface area contributed by atoms with Crippen LogP contribution in [0.2, 0.25) is 0 Å². The third kappa shape index (κ3) is 1.26. The first-order valence-corrected chi connectivity index (χ1v) is 5.40. The Balaban J connectivity index is 2.21. The van der Waals surface area contributed by atoms with Gasteiger partial charge in [0, 0.05) is 13.0 Å². The van der Waals surface area contributed by atoms with Gasteiger partial charge >= 0.3 is 0 Å². The summed E-state index contributed by atoms with van der Waals surface area (Å²) in [6, 6.07) is 2.99. The number of nitrogens with zero attached hydrogens (tertiary/aromatic N) is 3. The summed E-state index contributed by atoms with van der Waals surface area (Å²) >= 11 is 0. The molecule has 17 heavy (non-hydrogen) atoms. The average molecular weight is 233 g/mol. The molecule has 5 nitrogen and oxygen atoms in total. The molecule has 0 bridgehead atoms. The molecule has 1 fully saturated rings. The van der Waals surface area contributed by atoms with Crippen molar-refractivity contribution in [1.82, 2.24) is 0 Å². The van der Waals surface area contributed by atoms with Gasteiger partial charge in [0.25, 0.3) is 0 Å². The minimum Gasteiger partial charge on any atom is -0.396 e. The molecule has 2 unspecified atom stereocenters. The number of anilines is 2. The third-order valence-corrected chi connectivity index (χ3v) is 3.44. The number of amidine groups is 1. The summed E-state index contributed by atoms with van der Waals surface area (Å²) in [5.41, 5.74) is 14.4. The Bertz CT molecular complexity index is 539. The first-order chi connectivity index (χ1) is 8.17. The second kappa shape index (κ2) is 3.26. The highest BCUT2D eigenvalue weighted by molar-refractivity contribution is 6.04. The van der Waals surface area contributed by atoms with E-state index in [-0.39, 0.29) is 11.6 Å². The zero-order chi connectivity index (χ0) is 12.2. The van der Waals surface area contributed by atoms with Crippen molar-refractivity contribution in [1.29, 1.82) is 5.53 Å². The maximum atomic E-state index is 13.5. The lowest BCUT2D eigenvalue weighted by molar-refractivity contribution is 0.629. The zero-order valence-corrected chi connectivity index (χ0v) is 9.31. The Morgan fingerprint density at radius 1 is 1.47 bits per heavy atom. The Morgan fingerprint density at radius 2 is 2.24 bits per heavy atom. The van der Waals surface area contributed by atoms with Gasteiger partial charge < -0.3 is 5.73 Å². The Labute approximate surface area is 97.6 Å². The molecule has 1 saturated carbocycles. The van der Waals surface area contributed by atoms with Crippen molar-refractivity contribution in [2.24, 2.45) is 16.1 Å². The normalized spacial score (nSPS) is 27.6. The van der Waals surface area contributed by atoms with E-state index < -0.39 is 5.82 Å². The quantitative estimate of drug-likeness (QED) is 0.576. The van der Waals surface area contributed by atoms with Gasteiger partial charge in [0.05, 0.1) is 11.4 Å². The molecule has 0 amide bonds. The highest BCUT2D eigenvalue weighted by atomic mass is 19.1. The summed E-state index contributed by atoms with van der Waals surface area (Å²) in [5, 5.41) is 4.91. The van der Waals surface area contributed by atoms with Crippen molar-refractivity contribution in [3.8, 4) is 0 Å². The molecule has 1 aliphatic heterocycles. The van der Waals surface area contributed by atoms with Gasteiger partial charge in [-0.05, 0) is 30.0 Å². The van der Waals surface area contributed by atoms with Crippen molar-refractivity contribution in [2.75, 3.05) is 17.8 Å². The lowest BCUT2D eigenvalue weighted by Crippen LogP contribution is -2.31. The number of hydrogen-bond donors (Lipinski definition) is 2. The lowest BCUT2D eigenvalue weighted by atomic mass is 10.0. The molecule has 1 aliphatic carbocycles. The van der Waals surface area contributed by atoms with Crippen LogP contribution in [0.5, 0.6) is 0 Å². The van der Waals surface area contributed by atoms with Crippen LogP contribution in [0.25, 0.3) is 0 Å². The van der Waals surface area contributed by atoms with Crippen molar-refractivity contribution < 1.29 is 4.39 Å². The molecule has 0 aromatic heterocycles. The molecule has 6 heteroatoms. The van der Waals surface area contributed by atoms with Crippen molar-refractivity contribution >= 4 is 17.2 Å². The van der Waals surface area contributed by atoms with Crippen LogP contribution in [0.4, 0.5) is 15.8 Å². The largest absolute Gasteiger partial charge is 0.396 e. The Kier molecular flexibility index (Phi) is 1.95. The second-order valence-corrected chi connectivity index (χ2v) is 4.37. The molecule has 1 aromatic carbocycles. The van der Waals surface area contributed by atoms with Gasteiger partial charge in [-0.25, -0.2) is 9.40 Å². The highest BCUT2D eigenvalue weighted by Gasteiger charge is 2.50. The number of hydrogen-bond acceptors (Lipinski definition) is 4. The summed E-state index contributed by atoms with van der Waals surface area (Å²) in [6.45, 7) is 0. The predicted molar refractivity (Wildman–Crippen MR) is 62.6 cm³/mol. The molecule has 0 radical (unpaired) electrons. The lowest BCUT2D eigenvalue weighted by Gasteiger charge is -2.26. The third-order valence-electron chi connectivity index (χ3n) is 3.44. The van der Waals surface area contributed by atoms with Crippen LogP contribution in [0.1, 0.15) is 17.9 Å². The molecular formula is C11H12FN5. The van der Waals surface area contributed by atoms with E-state index in [0.717, 1.165) is 17.8 Å². The van der Waals surface area contributed by atoms with Gasteiger partial charge in [0.2, 0.25) is 0 Å². The maximum absolute atomic E-state index is 13.5. The maximum Gasteiger partial charge on any atom is 0.146 e. The van der Waals surface area contributed by atoms with Crippen LogP contribution < -0.4 is 10.7 Å². The molecule has 3 N–H and O–H groups in total. The van der Waals surface area contributed by atoms with E-state index in [4.69, 9.17) is 11.3 Å². The molecule has 2 aliphatic rings. The molecule has 1 heterocycles. The molecule has 2 atom stereocenters. The van der Waals surface area contributed by atoms with E-state index in [9.17, 15) is 4.39 Å². The fourth-order valence-corrected chi connectivity index (χ4v) is 2.54. The topological polar surface area (TPSA) is 77.8 Å². The highest BCUT2D eigenvalue weighted by Crippen LogP contribution is 2.56. The summed E-state index contributed by atoms with van der Waals surface area (Å²) in [5.74, 6) is 0.932. The monoisotopic (exact) mass is 233 g/mol. The Hall–Kier alpha value is -1.98. The van der Waals surface area contributed by atoms with E-state index in [1.807, 2.05) is 0 Å². The summed E-state index contributed by atoms with van der Waals surface area (Å²) in [6.07, 6.45) is 0.940. The van der Waals surface area contributed by atoms with E-state index in [2.05, 4.69) is 10.2 Å². The Morgan fingerprint density at radius 3 is 2.88 bits per heavy atom. The van der Waals surface area contributed by atoms with Gasteiger partial charge in [-0.2, -0.15) is 5.53 Å². The molecule has 3 rings (SSSR count). The smallest absolute Gasteiger partial charge is 0.146 e. The zero-order valence-electron chi connectivity index (χ0n) is 9.31. The number of nitrogens with one attached hydrogen (secondary N) is 1. The van der Waals surface area contributed by atoms with Gasteiger partial charge in [-0.15, -0.1) is 0 Å². The van der Waals surface area contributed by atoms with E-state index in [1.165, 1.54) is 17.1 Å². The summed E-state index contributed by atoms with van der Waals surface area (Å²) in [4.78, 5) is 4.17. The molecule has 88 valence electrons. The van der Waals surface area contributed by atoms with Crippen LogP contribution in [-0.2, 0) is 0 Å². The minimum absolute atomic E-state index is 0.0759. The van der Waals surface area contributed by atoms with Crippen molar-refractivity contribution in [2.45, 2.75) is 12.3 Å². The van der Waals surface area contributed by atoms with E-state index in [0.29, 0.717) is 11.6 Å². The minimum atomic E-state index is -0.406. The fourth-order valence-electron chi connectivity index (χ4n) is 2.54. The standard InChI is InChI=1S/C11H12FN5/c1-15-11-7-2-5(7)6-3-8(12)9(13)4-10(6)17(11)16-14/h3-5,7,14H,2,13H2,1H3. The van der Waals surface area contributed by atoms with Gasteiger partial charge in [0.1, 0.15) is 11.7 Å². The number of benzene rings is 1. The molecule has 0 spiro atoms. The van der Waals surface area contributed by atoms with Gasteiger partial charge in [0.15, 0.2) is 0 Å². The molecule has 0 saturated heterocycles. The molecule has 1 aromatic rings. The predicted octanol–water partition coefficient (Wildman–Crippen LogP) is 2.31. The van der Waals surface area contributed by atoms with Crippen LogP contribution in [0.3, 0.4) is 0 Å². The number of halogens is 1. The first kappa shape index (κ1) is 10.2. The van der Waals surface area contributed by atoms with Gasteiger partial charge in [-0.1, -0.05) is 5.22 Å². The summed E-state index contributed by atoms with van der Waals surface area (Å²) in [7, 11) is 1.68. The van der Waals surface area contributed by atoms with Gasteiger partial charge in [-0.3, -0.25) is 4.99 Å². The van der Waals surface area contributed by atoms with Crippen LogP contribution in [0.15, 0.2) is 22.3 Å². The van der Waals surface area contributed by atoms with E-state index >= 15 is 0 Å². The number of aliphatic imine (C=N–C) groups is 1. The fraction of sp³-hybridized carbons (Fsp3) is 0.364. The average Bonchev–Trinajstić information content (AvgIpc) is 3.09. The number of rotatable bonds is 1. The number of fused-ring (bicyclic) bond motifs is 3. The van der Waals surface area contributed by atoms with Crippen LogP contribution in [0, 0.1) is 17.3 Å². The molecular weight excluding hydrogens is 221 g/mol. The van der Waals surface area contributed by atoms with E-state index in [1.54, 1.807) is 7.05 Å². The summed E-state index contributed by atoms with van der Waals surface area (Å²) < 4.78 is 13.5. The SMILES string of the molecule is CN=C1C2CC2c2cc(F)c(N)cc2N1N=N. The van der Waals surface area contributed by atoms with Crippen LogP contribution >= 0.6 is 0 Å². The van der Waals surface area contributed by atoms with Crippen molar-refractivity contribution in [3.63, 3.8) is 0 Å². The van der Waals surface area contributed by atoms with Crippen molar-refractivity contribution in [3.05, 3.63) is 23.5 Å². The number of nitrogen functional groups attached to an aromatic ring is 1. The first-order valence-electron chi connectivity index (χ1n) is 5.40.